The maximum absolute atomic E-state index is 12.7. The Morgan fingerprint density at radius 1 is 0.929 bits per heavy atom. The van der Waals surface area contributed by atoms with Gasteiger partial charge in [-0.05, 0) is 58.4 Å². The van der Waals surface area contributed by atoms with Gasteiger partial charge in [0.2, 0.25) is 5.91 Å². The molecule has 3 rings (SSSR count). The van der Waals surface area contributed by atoms with Crippen molar-refractivity contribution in [2.75, 3.05) is 29.1 Å². The third-order valence-corrected chi connectivity index (χ3v) is 4.85. The molecule has 142 valence electrons. The van der Waals surface area contributed by atoms with E-state index in [1.807, 2.05) is 60.7 Å². The molecule has 0 bridgehead atoms. The van der Waals surface area contributed by atoms with Gasteiger partial charge in [0.25, 0.3) is 5.91 Å². The van der Waals surface area contributed by atoms with Crippen LogP contribution in [0, 0.1) is 0 Å². The minimum absolute atomic E-state index is 0.0908. The average molecular weight is 438 g/mol. The fraction of sp³-hybridized carbons (Fsp3) is 0.0909. The normalized spacial score (nSPS) is 10.2. The first-order chi connectivity index (χ1) is 13.5. The van der Waals surface area contributed by atoms with Crippen molar-refractivity contribution in [3.8, 4) is 0 Å². The third kappa shape index (κ3) is 4.98. The lowest BCUT2D eigenvalue weighted by Gasteiger charge is -2.18. The number of hydrogen-bond donors (Lipinski definition) is 2. The van der Waals surface area contributed by atoms with Gasteiger partial charge >= 0.3 is 0 Å². The first-order valence-electron chi connectivity index (χ1n) is 8.76. The highest BCUT2D eigenvalue weighted by Crippen LogP contribution is 2.21. The number of amides is 2. The quantitative estimate of drug-likeness (QED) is 0.583. The molecular weight excluding hydrogens is 418 g/mol. The molecule has 2 amide bonds. The van der Waals surface area contributed by atoms with Gasteiger partial charge in [-0.25, -0.2) is 0 Å². The van der Waals surface area contributed by atoms with Gasteiger partial charge in [0, 0.05) is 28.5 Å². The lowest BCUT2D eigenvalue weighted by Crippen LogP contribution is -2.26. The molecule has 3 aromatic carbocycles. The summed E-state index contributed by atoms with van der Waals surface area (Å²) in [5, 5.41) is 5.89. The zero-order valence-electron chi connectivity index (χ0n) is 15.4. The van der Waals surface area contributed by atoms with Crippen LogP contribution in [0.1, 0.15) is 10.4 Å². The Hall–Kier alpha value is -3.12. The van der Waals surface area contributed by atoms with Crippen molar-refractivity contribution in [2.24, 2.45) is 0 Å². The lowest BCUT2D eigenvalue weighted by atomic mass is 10.1. The molecule has 0 unspecified atom stereocenters. The second-order valence-corrected chi connectivity index (χ2v) is 7.02. The predicted molar refractivity (Wildman–Crippen MR) is 117 cm³/mol. The van der Waals surface area contributed by atoms with E-state index in [0.717, 1.165) is 10.2 Å². The van der Waals surface area contributed by atoms with Crippen molar-refractivity contribution >= 4 is 44.8 Å². The topological polar surface area (TPSA) is 61.4 Å². The summed E-state index contributed by atoms with van der Waals surface area (Å²) in [6.07, 6.45) is 0. The largest absolute Gasteiger partial charge is 0.376 e. The Morgan fingerprint density at radius 3 is 2.39 bits per heavy atom. The standard InChI is InChI=1S/C22H20BrN3O2/c1-26(18-10-3-2-4-11-18)22(28)16-8-7-9-17(14-16)24-15-21(27)25-20-13-6-5-12-19(20)23/h2-14,24H,15H2,1H3,(H,25,27). The maximum Gasteiger partial charge on any atom is 0.258 e. The number of para-hydroxylation sites is 2. The molecule has 0 aliphatic carbocycles. The zero-order valence-corrected chi connectivity index (χ0v) is 16.9. The molecule has 0 saturated carbocycles. The molecule has 0 aliphatic heterocycles. The highest BCUT2D eigenvalue weighted by molar-refractivity contribution is 9.10. The van der Waals surface area contributed by atoms with Crippen molar-refractivity contribution < 1.29 is 9.59 Å². The van der Waals surface area contributed by atoms with E-state index in [9.17, 15) is 9.59 Å². The van der Waals surface area contributed by atoms with Crippen LogP contribution in [-0.2, 0) is 4.79 Å². The summed E-state index contributed by atoms with van der Waals surface area (Å²) < 4.78 is 0.819. The van der Waals surface area contributed by atoms with E-state index in [2.05, 4.69) is 26.6 Å². The van der Waals surface area contributed by atoms with E-state index < -0.39 is 0 Å². The molecule has 2 N–H and O–H groups in total. The van der Waals surface area contributed by atoms with Crippen LogP contribution < -0.4 is 15.5 Å². The first kappa shape index (κ1) is 19.6. The molecule has 0 radical (unpaired) electrons. The van der Waals surface area contributed by atoms with E-state index in [1.54, 1.807) is 30.1 Å². The minimum Gasteiger partial charge on any atom is -0.376 e. The van der Waals surface area contributed by atoms with Gasteiger partial charge in [-0.2, -0.15) is 0 Å². The SMILES string of the molecule is CN(C(=O)c1cccc(NCC(=O)Nc2ccccc2Br)c1)c1ccccc1. The number of rotatable bonds is 6. The minimum atomic E-state index is -0.176. The molecule has 28 heavy (non-hydrogen) atoms. The van der Waals surface area contributed by atoms with E-state index in [4.69, 9.17) is 0 Å². The van der Waals surface area contributed by atoms with E-state index in [-0.39, 0.29) is 18.4 Å². The lowest BCUT2D eigenvalue weighted by molar-refractivity contribution is -0.114. The van der Waals surface area contributed by atoms with Gasteiger partial charge < -0.3 is 15.5 Å². The smallest absolute Gasteiger partial charge is 0.258 e. The molecule has 0 atom stereocenters. The van der Waals surface area contributed by atoms with Crippen LogP contribution in [0.25, 0.3) is 0 Å². The van der Waals surface area contributed by atoms with Crippen LogP contribution in [0.5, 0.6) is 0 Å². The van der Waals surface area contributed by atoms with Crippen molar-refractivity contribution in [3.63, 3.8) is 0 Å². The Kier molecular flexibility index (Phi) is 6.45. The highest BCUT2D eigenvalue weighted by Gasteiger charge is 2.14. The molecule has 0 spiro atoms. The van der Waals surface area contributed by atoms with E-state index >= 15 is 0 Å². The zero-order chi connectivity index (χ0) is 19.9. The number of carbonyl (C=O) groups excluding carboxylic acids is 2. The predicted octanol–water partition coefficient (Wildman–Crippen LogP) is 4.78. The number of anilines is 3. The summed E-state index contributed by atoms with van der Waals surface area (Å²) in [5.41, 5.74) is 2.78. The summed E-state index contributed by atoms with van der Waals surface area (Å²) in [6, 6.07) is 24.0. The Balaban J connectivity index is 1.62. The van der Waals surface area contributed by atoms with Crippen LogP contribution in [0.4, 0.5) is 17.1 Å². The number of carbonyl (C=O) groups is 2. The van der Waals surface area contributed by atoms with Crippen LogP contribution in [-0.4, -0.2) is 25.4 Å². The van der Waals surface area contributed by atoms with Crippen molar-refractivity contribution in [1.82, 2.24) is 0 Å². The van der Waals surface area contributed by atoms with Gasteiger partial charge in [0.15, 0.2) is 0 Å². The van der Waals surface area contributed by atoms with Crippen molar-refractivity contribution in [1.29, 1.82) is 0 Å². The maximum atomic E-state index is 12.7. The Morgan fingerprint density at radius 2 is 1.64 bits per heavy atom. The summed E-state index contributed by atoms with van der Waals surface area (Å²) >= 11 is 3.40. The summed E-state index contributed by atoms with van der Waals surface area (Å²) in [7, 11) is 1.74. The van der Waals surface area contributed by atoms with Gasteiger partial charge in [0.05, 0.1) is 12.2 Å². The fourth-order valence-corrected chi connectivity index (χ4v) is 3.05. The summed E-state index contributed by atoms with van der Waals surface area (Å²) in [6.45, 7) is 0.0908. The molecular formula is C22H20BrN3O2. The molecule has 0 saturated heterocycles. The van der Waals surface area contributed by atoms with Crippen molar-refractivity contribution in [3.05, 3.63) is 88.9 Å². The van der Waals surface area contributed by atoms with Gasteiger partial charge in [0.1, 0.15) is 0 Å². The van der Waals surface area contributed by atoms with Crippen molar-refractivity contribution in [2.45, 2.75) is 0 Å². The average Bonchev–Trinajstić information content (AvgIpc) is 2.74. The molecule has 5 nitrogen and oxygen atoms in total. The summed E-state index contributed by atoms with van der Waals surface area (Å²) in [5.74, 6) is -0.294. The number of benzene rings is 3. The van der Waals surface area contributed by atoms with Crippen LogP contribution in [0.3, 0.4) is 0 Å². The summed E-state index contributed by atoms with van der Waals surface area (Å²) in [4.78, 5) is 26.5. The molecule has 6 heteroatoms. The first-order valence-corrected chi connectivity index (χ1v) is 9.55. The van der Waals surface area contributed by atoms with Gasteiger partial charge in [-0.3, -0.25) is 9.59 Å². The Bertz CT molecular complexity index is 976. The highest BCUT2D eigenvalue weighted by atomic mass is 79.9. The number of nitrogens with one attached hydrogen (secondary N) is 2. The van der Waals surface area contributed by atoms with Crippen LogP contribution in [0.15, 0.2) is 83.3 Å². The molecule has 0 heterocycles. The number of nitrogens with zero attached hydrogens (tertiary/aromatic N) is 1. The second kappa shape index (κ2) is 9.19. The van der Waals surface area contributed by atoms with Crippen LogP contribution >= 0.6 is 15.9 Å². The third-order valence-electron chi connectivity index (χ3n) is 4.16. The molecule has 0 aliphatic rings. The molecule has 0 aromatic heterocycles. The number of hydrogen-bond acceptors (Lipinski definition) is 3. The molecule has 3 aromatic rings. The Labute approximate surface area is 172 Å². The number of halogens is 1. The van der Waals surface area contributed by atoms with E-state index in [0.29, 0.717) is 16.9 Å². The van der Waals surface area contributed by atoms with E-state index in [1.165, 1.54) is 0 Å². The second-order valence-electron chi connectivity index (χ2n) is 6.16. The fourth-order valence-electron chi connectivity index (χ4n) is 2.66. The molecule has 0 fully saturated rings. The van der Waals surface area contributed by atoms with Gasteiger partial charge in [-0.1, -0.05) is 36.4 Å². The monoisotopic (exact) mass is 437 g/mol. The van der Waals surface area contributed by atoms with Crippen LogP contribution in [0.2, 0.25) is 0 Å². The van der Waals surface area contributed by atoms with Gasteiger partial charge in [-0.15, -0.1) is 0 Å².